The molecule has 2 unspecified atom stereocenters. The van der Waals surface area contributed by atoms with E-state index in [1.807, 2.05) is 44.4 Å². The highest BCUT2D eigenvalue weighted by molar-refractivity contribution is 5.84. The number of carbonyl (C=O) groups is 1. The van der Waals surface area contributed by atoms with Gasteiger partial charge in [-0.25, -0.2) is 0 Å². The Labute approximate surface area is 160 Å². The molecule has 0 saturated carbocycles. The van der Waals surface area contributed by atoms with Crippen molar-refractivity contribution in [3.05, 3.63) is 65.9 Å². The molecular formula is C22H27N3O2. The Morgan fingerprint density at radius 2 is 1.85 bits per heavy atom. The van der Waals surface area contributed by atoms with Crippen LogP contribution in [0.4, 0.5) is 0 Å². The molecule has 0 bridgehead atoms. The van der Waals surface area contributed by atoms with Crippen molar-refractivity contribution >= 4 is 16.8 Å². The first kappa shape index (κ1) is 19.0. The van der Waals surface area contributed by atoms with Crippen molar-refractivity contribution in [3.8, 4) is 5.75 Å². The van der Waals surface area contributed by atoms with Gasteiger partial charge in [0.25, 0.3) is 0 Å². The number of benzene rings is 2. The molecule has 142 valence electrons. The molecule has 0 spiro atoms. The van der Waals surface area contributed by atoms with Gasteiger partial charge < -0.3 is 20.4 Å². The Kier molecular flexibility index (Phi) is 6.14. The van der Waals surface area contributed by atoms with Crippen LogP contribution >= 0.6 is 0 Å². The number of amides is 1. The van der Waals surface area contributed by atoms with Gasteiger partial charge in [-0.05, 0) is 36.4 Å². The van der Waals surface area contributed by atoms with Crippen molar-refractivity contribution in [2.75, 3.05) is 27.2 Å². The highest BCUT2D eigenvalue weighted by atomic mass is 16.5. The van der Waals surface area contributed by atoms with Crippen LogP contribution < -0.4 is 15.4 Å². The molecule has 5 nitrogen and oxygen atoms in total. The molecule has 0 aliphatic heterocycles. The molecular weight excluding hydrogens is 338 g/mol. The fraction of sp³-hybridized carbons (Fsp3) is 0.318. The smallest absolute Gasteiger partial charge is 0.224 e. The van der Waals surface area contributed by atoms with Gasteiger partial charge in [-0.3, -0.25) is 4.79 Å². The number of fused-ring (bicyclic) bond motifs is 1. The Morgan fingerprint density at radius 1 is 1.11 bits per heavy atom. The normalized spacial score (nSPS) is 13.3. The third kappa shape index (κ3) is 4.31. The first-order chi connectivity index (χ1) is 13.1. The van der Waals surface area contributed by atoms with Gasteiger partial charge in [0.2, 0.25) is 5.91 Å². The summed E-state index contributed by atoms with van der Waals surface area (Å²) in [6.07, 6.45) is 2.04. The van der Waals surface area contributed by atoms with E-state index in [1.54, 1.807) is 7.11 Å². The molecule has 0 aliphatic carbocycles. The summed E-state index contributed by atoms with van der Waals surface area (Å²) in [6, 6.07) is 16.3. The first-order valence-electron chi connectivity index (χ1n) is 9.26. The highest BCUT2D eigenvalue weighted by Crippen LogP contribution is 2.31. The van der Waals surface area contributed by atoms with E-state index < -0.39 is 0 Å². The number of nitrogens with one attached hydrogen (secondary N) is 3. The lowest BCUT2D eigenvalue weighted by atomic mass is 9.90. The summed E-state index contributed by atoms with van der Waals surface area (Å²) >= 11 is 0. The molecule has 1 amide bonds. The largest absolute Gasteiger partial charge is 0.497 e. The van der Waals surface area contributed by atoms with Crippen LogP contribution in [0.1, 0.15) is 24.0 Å². The Balaban J connectivity index is 1.90. The van der Waals surface area contributed by atoms with Crippen LogP contribution in [-0.4, -0.2) is 38.1 Å². The second-order valence-corrected chi connectivity index (χ2v) is 6.82. The van der Waals surface area contributed by atoms with E-state index in [0.29, 0.717) is 13.1 Å². The number of rotatable bonds is 8. The van der Waals surface area contributed by atoms with Gasteiger partial charge >= 0.3 is 0 Å². The van der Waals surface area contributed by atoms with Crippen LogP contribution in [0.25, 0.3) is 10.9 Å². The van der Waals surface area contributed by atoms with Gasteiger partial charge in [-0.2, -0.15) is 0 Å². The molecule has 0 aliphatic rings. The average Bonchev–Trinajstić information content (AvgIpc) is 3.12. The maximum absolute atomic E-state index is 12.4. The minimum absolute atomic E-state index is 0.0535. The summed E-state index contributed by atoms with van der Waals surface area (Å²) in [5.41, 5.74) is 3.42. The number of para-hydroxylation sites is 1. The summed E-state index contributed by atoms with van der Waals surface area (Å²) in [6.45, 7) is 3.13. The minimum Gasteiger partial charge on any atom is -0.497 e. The number of ether oxygens (including phenoxy) is 1. The van der Waals surface area contributed by atoms with Crippen molar-refractivity contribution in [1.29, 1.82) is 0 Å². The Morgan fingerprint density at radius 3 is 2.56 bits per heavy atom. The maximum atomic E-state index is 12.4. The number of carbonyl (C=O) groups excluding carboxylic acids is 1. The average molecular weight is 365 g/mol. The van der Waals surface area contributed by atoms with Gasteiger partial charge in [0.15, 0.2) is 0 Å². The van der Waals surface area contributed by atoms with Crippen molar-refractivity contribution in [2.24, 2.45) is 5.92 Å². The van der Waals surface area contributed by atoms with E-state index in [9.17, 15) is 4.79 Å². The number of aromatic nitrogens is 1. The fourth-order valence-electron chi connectivity index (χ4n) is 3.40. The lowest BCUT2D eigenvalue weighted by molar-refractivity contribution is -0.124. The molecule has 0 fully saturated rings. The van der Waals surface area contributed by atoms with Crippen molar-refractivity contribution in [3.63, 3.8) is 0 Å². The molecule has 0 radical (unpaired) electrons. The van der Waals surface area contributed by atoms with Gasteiger partial charge in [0.05, 0.1) is 7.11 Å². The van der Waals surface area contributed by atoms with E-state index in [1.165, 1.54) is 10.9 Å². The van der Waals surface area contributed by atoms with Gasteiger partial charge in [0, 0.05) is 42.0 Å². The van der Waals surface area contributed by atoms with Crippen LogP contribution in [0.15, 0.2) is 54.7 Å². The van der Waals surface area contributed by atoms with E-state index in [4.69, 9.17) is 4.74 Å². The van der Waals surface area contributed by atoms with Crippen molar-refractivity contribution in [1.82, 2.24) is 15.6 Å². The summed E-state index contributed by atoms with van der Waals surface area (Å²) in [5.74, 6) is 0.859. The topological polar surface area (TPSA) is 66.2 Å². The second-order valence-electron chi connectivity index (χ2n) is 6.82. The van der Waals surface area contributed by atoms with E-state index >= 15 is 0 Å². The van der Waals surface area contributed by atoms with Crippen molar-refractivity contribution < 1.29 is 9.53 Å². The van der Waals surface area contributed by atoms with Crippen molar-refractivity contribution in [2.45, 2.75) is 12.8 Å². The van der Waals surface area contributed by atoms with Crippen LogP contribution in [-0.2, 0) is 4.79 Å². The zero-order valence-electron chi connectivity index (χ0n) is 16.1. The van der Waals surface area contributed by atoms with Crippen LogP contribution in [0.3, 0.4) is 0 Å². The highest BCUT2D eigenvalue weighted by Gasteiger charge is 2.20. The van der Waals surface area contributed by atoms with E-state index in [0.717, 1.165) is 16.8 Å². The monoisotopic (exact) mass is 365 g/mol. The molecule has 1 aromatic heterocycles. The first-order valence-corrected chi connectivity index (χ1v) is 9.26. The zero-order valence-corrected chi connectivity index (χ0v) is 16.1. The third-order valence-corrected chi connectivity index (χ3v) is 4.95. The summed E-state index contributed by atoms with van der Waals surface area (Å²) < 4.78 is 5.28. The zero-order chi connectivity index (χ0) is 19.2. The molecule has 0 saturated heterocycles. The molecule has 2 atom stereocenters. The molecule has 5 heteroatoms. The SMILES string of the molecule is CNCC(C)C(=O)NCC(c1ccc(OC)cc1)c1c[nH]c2ccccc12. The number of methoxy groups -OCH3 is 1. The van der Waals surface area contributed by atoms with Gasteiger partial charge in [-0.15, -0.1) is 0 Å². The van der Waals surface area contributed by atoms with E-state index in [2.05, 4.69) is 39.9 Å². The minimum atomic E-state index is -0.0745. The number of hydrogen-bond acceptors (Lipinski definition) is 3. The lowest BCUT2D eigenvalue weighted by Gasteiger charge is -2.20. The molecule has 3 rings (SSSR count). The maximum Gasteiger partial charge on any atom is 0.224 e. The molecule has 3 aromatic rings. The third-order valence-electron chi connectivity index (χ3n) is 4.95. The number of aromatic amines is 1. The predicted octanol–water partition coefficient (Wildman–Crippen LogP) is 3.28. The Bertz CT molecular complexity index is 886. The lowest BCUT2D eigenvalue weighted by Crippen LogP contribution is -2.36. The van der Waals surface area contributed by atoms with Crippen LogP contribution in [0.5, 0.6) is 5.75 Å². The number of hydrogen-bond donors (Lipinski definition) is 3. The molecule has 2 aromatic carbocycles. The van der Waals surface area contributed by atoms with Crippen LogP contribution in [0, 0.1) is 5.92 Å². The standard InChI is InChI=1S/C22H27N3O2/c1-15(12-23-2)22(26)25-13-19(16-8-10-17(27-3)11-9-16)20-14-24-21-7-5-4-6-18(20)21/h4-11,14-15,19,23-24H,12-13H2,1-3H3,(H,25,26). The van der Waals surface area contributed by atoms with E-state index in [-0.39, 0.29) is 17.7 Å². The fourth-order valence-corrected chi connectivity index (χ4v) is 3.40. The number of H-pyrrole nitrogens is 1. The molecule has 1 heterocycles. The molecule has 3 N–H and O–H groups in total. The summed E-state index contributed by atoms with van der Waals surface area (Å²) in [4.78, 5) is 15.8. The Hall–Kier alpha value is -2.79. The quantitative estimate of drug-likeness (QED) is 0.574. The summed E-state index contributed by atoms with van der Waals surface area (Å²) in [7, 11) is 3.52. The second kappa shape index (κ2) is 8.73. The van der Waals surface area contributed by atoms with Crippen LogP contribution in [0.2, 0.25) is 0 Å². The molecule has 27 heavy (non-hydrogen) atoms. The predicted molar refractivity (Wildman–Crippen MR) is 109 cm³/mol. The van der Waals surface area contributed by atoms with Gasteiger partial charge in [-0.1, -0.05) is 37.3 Å². The summed E-state index contributed by atoms with van der Waals surface area (Å²) in [5, 5.41) is 7.35. The van der Waals surface area contributed by atoms with Gasteiger partial charge in [0.1, 0.15) is 5.75 Å².